The van der Waals surface area contributed by atoms with E-state index in [4.69, 9.17) is 0 Å². The molecule has 0 aliphatic carbocycles. The minimum absolute atomic E-state index is 0.208. The molecule has 0 saturated heterocycles. The fourth-order valence-electron chi connectivity index (χ4n) is 0.936. The molecule has 0 aliphatic heterocycles. The first-order chi connectivity index (χ1) is 6.63. The van der Waals surface area contributed by atoms with Gasteiger partial charge in [-0.3, -0.25) is 0 Å². The fourth-order valence-corrected chi connectivity index (χ4v) is 0.936. The van der Waals surface area contributed by atoms with Gasteiger partial charge in [-0.1, -0.05) is 6.08 Å². The van der Waals surface area contributed by atoms with Crippen LogP contribution in [-0.2, 0) is 0 Å². The molecule has 0 aliphatic rings. The molecule has 0 fully saturated rings. The molecule has 1 aromatic rings. The summed E-state index contributed by atoms with van der Waals surface area (Å²) in [6, 6.07) is 2.05. The number of nitrogens with one attached hydrogen (secondary N) is 1. The lowest BCUT2D eigenvalue weighted by molar-refractivity contribution is 0.952. The van der Waals surface area contributed by atoms with E-state index >= 15 is 0 Å². The fraction of sp³-hybridized carbons (Fsp3) is 0.400. The molecule has 0 spiro atoms. The Labute approximate surface area is 84.7 Å². The van der Waals surface area contributed by atoms with Crippen molar-refractivity contribution in [1.29, 1.82) is 0 Å². The summed E-state index contributed by atoms with van der Waals surface area (Å²) in [6.07, 6.45) is 3.57. The Morgan fingerprint density at radius 2 is 2.29 bits per heavy atom. The van der Waals surface area contributed by atoms with E-state index in [9.17, 15) is 0 Å². The molecule has 14 heavy (non-hydrogen) atoms. The van der Waals surface area contributed by atoms with Crippen molar-refractivity contribution in [2.24, 2.45) is 0 Å². The van der Waals surface area contributed by atoms with E-state index in [2.05, 4.69) is 21.9 Å². The van der Waals surface area contributed by atoms with Gasteiger partial charge in [-0.2, -0.15) is 4.98 Å². The van der Waals surface area contributed by atoms with Crippen LogP contribution >= 0.6 is 0 Å². The third kappa shape index (κ3) is 2.73. The lowest BCUT2D eigenvalue weighted by atomic mass is 10.3. The van der Waals surface area contributed by atoms with E-state index in [1.165, 1.54) is 0 Å². The Hall–Kier alpha value is -1.58. The van der Waals surface area contributed by atoms with Gasteiger partial charge in [0.05, 0.1) is 0 Å². The van der Waals surface area contributed by atoms with Crippen LogP contribution in [0.3, 0.4) is 0 Å². The molecule has 1 aromatic heterocycles. The SMILES string of the molecule is C=CC(C)Nc1ccnc(N(C)C)n1. The summed E-state index contributed by atoms with van der Waals surface area (Å²) in [7, 11) is 3.83. The predicted molar refractivity (Wildman–Crippen MR) is 59.6 cm³/mol. The molecule has 1 N–H and O–H groups in total. The highest BCUT2D eigenvalue weighted by molar-refractivity contribution is 5.41. The third-order valence-corrected chi connectivity index (χ3v) is 1.77. The van der Waals surface area contributed by atoms with Crippen molar-refractivity contribution in [1.82, 2.24) is 9.97 Å². The Kier molecular flexibility index (Phi) is 3.45. The minimum Gasteiger partial charge on any atom is -0.364 e. The van der Waals surface area contributed by atoms with Gasteiger partial charge >= 0.3 is 0 Å². The molecule has 76 valence electrons. The highest BCUT2D eigenvalue weighted by Crippen LogP contribution is 2.08. The maximum absolute atomic E-state index is 4.32. The van der Waals surface area contributed by atoms with Gasteiger partial charge in [-0.05, 0) is 13.0 Å². The number of aromatic nitrogens is 2. The summed E-state index contributed by atoms with van der Waals surface area (Å²) in [4.78, 5) is 10.3. The van der Waals surface area contributed by atoms with Crippen molar-refractivity contribution in [2.45, 2.75) is 13.0 Å². The zero-order valence-electron chi connectivity index (χ0n) is 8.86. The molecular formula is C10H16N4. The molecule has 0 radical (unpaired) electrons. The second kappa shape index (κ2) is 4.60. The molecule has 4 heteroatoms. The van der Waals surface area contributed by atoms with Crippen molar-refractivity contribution in [2.75, 3.05) is 24.3 Å². The van der Waals surface area contributed by atoms with Crippen molar-refractivity contribution in [3.05, 3.63) is 24.9 Å². The number of hydrogen-bond acceptors (Lipinski definition) is 4. The summed E-state index contributed by atoms with van der Waals surface area (Å²) in [5, 5.41) is 3.19. The monoisotopic (exact) mass is 192 g/mol. The average molecular weight is 192 g/mol. The largest absolute Gasteiger partial charge is 0.364 e. The normalized spacial score (nSPS) is 11.9. The zero-order valence-corrected chi connectivity index (χ0v) is 8.86. The lowest BCUT2D eigenvalue weighted by Gasteiger charge is -2.13. The first-order valence-corrected chi connectivity index (χ1v) is 4.53. The predicted octanol–water partition coefficient (Wildman–Crippen LogP) is 1.53. The van der Waals surface area contributed by atoms with Gasteiger partial charge < -0.3 is 10.2 Å². The van der Waals surface area contributed by atoms with E-state index in [0.29, 0.717) is 5.95 Å². The summed E-state index contributed by atoms with van der Waals surface area (Å²) < 4.78 is 0. The molecule has 1 unspecified atom stereocenters. The summed E-state index contributed by atoms with van der Waals surface area (Å²) >= 11 is 0. The van der Waals surface area contributed by atoms with Crippen LogP contribution in [-0.4, -0.2) is 30.1 Å². The van der Waals surface area contributed by atoms with E-state index in [0.717, 1.165) is 5.82 Å². The second-order valence-electron chi connectivity index (χ2n) is 3.31. The first-order valence-electron chi connectivity index (χ1n) is 4.53. The lowest BCUT2D eigenvalue weighted by Crippen LogP contribution is -2.16. The van der Waals surface area contributed by atoms with Gasteiger partial charge in [-0.25, -0.2) is 4.98 Å². The standard InChI is InChI=1S/C10H16N4/c1-5-8(2)12-9-6-7-11-10(13-9)14(3)4/h5-8H,1H2,2-4H3,(H,11,12,13). The van der Waals surface area contributed by atoms with Crippen LogP contribution in [0.2, 0.25) is 0 Å². The smallest absolute Gasteiger partial charge is 0.226 e. The molecular weight excluding hydrogens is 176 g/mol. The number of nitrogens with zero attached hydrogens (tertiary/aromatic N) is 3. The Morgan fingerprint density at radius 3 is 2.86 bits per heavy atom. The number of rotatable bonds is 4. The summed E-state index contributed by atoms with van der Waals surface area (Å²) in [6.45, 7) is 5.72. The highest BCUT2D eigenvalue weighted by Gasteiger charge is 2.01. The van der Waals surface area contributed by atoms with Crippen molar-refractivity contribution in [3.8, 4) is 0 Å². The summed E-state index contributed by atoms with van der Waals surface area (Å²) in [5.41, 5.74) is 0. The zero-order chi connectivity index (χ0) is 10.6. The van der Waals surface area contributed by atoms with Crippen molar-refractivity contribution in [3.63, 3.8) is 0 Å². The van der Waals surface area contributed by atoms with Crippen LogP contribution in [0.15, 0.2) is 24.9 Å². The first kappa shape index (κ1) is 10.5. The van der Waals surface area contributed by atoms with Crippen LogP contribution < -0.4 is 10.2 Å². The molecule has 0 amide bonds. The van der Waals surface area contributed by atoms with E-state index in [1.54, 1.807) is 6.20 Å². The van der Waals surface area contributed by atoms with E-state index in [1.807, 2.05) is 38.1 Å². The van der Waals surface area contributed by atoms with Gasteiger partial charge in [0, 0.05) is 26.3 Å². The highest BCUT2D eigenvalue weighted by atomic mass is 15.2. The molecule has 0 aromatic carbocycles. The van der Waals surface area contributed by atoms with E-state index < -0.39 is 0 Å². The molecule has 4 nitrogen and oxygen atoms in total. The Morgan fingerprint density at radius 1 is 1.57 bits per heavy atom. The molecule has 1 atom stereocenters. The van der Waals surface area contributed by atoms with Crippen molar-refractivity contribution >= 4 is 11.8 Å². The van der Waals surface area contributed by atoms with Crippen LogP contribution in [0.5, 0.6) is 0 Å². The molecule has 0 bridgehead atoms. The molecule has 0 saturated carbocycles. The van der Waals surface area contributed by atoms with Crippen LogP contribution in [0.1, 0.15) is 6.92 Å². The van der Waals surface area contributed by atoms with E-state index in [-0.39, 0.29) is 6.04 Å². The maximum atomic E-state index is 4.32. The van der Waals surface area contributed by atoms with Gasteiger partial charge in [0.2, 0.25) is 5.95 Å². The van der Waals surface area contributed by atoms with Gasteiger partial charge in [0.1, 0.15) is 5.82 Å². The minimum atomic E-state index is 0.208. The van der Waals surface area contributed by atoms with Crippen LogP contribution in [0.4, 0.5) is 11.8 Å². The third-order valence-electron chi connectivity index (χ3n) is 1.77. The molecule has 1 rings (SSSR count). The van der Waals surface area contributed by atoms with Gasteiger partial charge in [0.15, 0.2) is 0 Å². The van der Waals surface area contributed by atoms with Crippen LogP contribution in [0.25, 0.3) is 0 Å². The maximum Gasteiger partial charge on any atom is 0.226 e. The summed E-state index contributed by atoms with van der Waals surface area (Å²) in [5.74, 6) is 1.52. The average Bonchev–Trinajstić information content (AvgIpc) is 2.18. The Bertz CT molecular complexity index is 309. The second-order valence-corrected chi connectivity index (χ2v) is 3.31. The Balaban J connectivity index is 2.78. The van der Waals surface area contributed by atoms with Gasteiger partial charge in [-0.15, -0.1) is 6.58 Å². The van der Waals surface area contributed by atoms with Crippen LogP contribution in [0, 0.1) is 0 Å². The number of hydrogen-bond donors (Lipinski definition) is 1. The molecule has 1 heterocycles. The van der Waals surface area contributed by atoms with Gasteiger partial charge in [0.25, 0.3) is 0 Å². The topological polar surface area (TPSA) is 41.1 Å². The number of anilines is 2. The quantitative estimate of drug-likeness (QED) is 0.734. The van der Waals surface area contributed by atoms with Crippen molar-refractivity contribution < 1.29 is 0 Å².